The number of nitrogens with zero attached hydrogens (tertiary/aromatic N) is 2. The molecule has 54 heavy (non-hydrogen) atoms. The molecule has 0 aliphatic carbocycles. The summed E-state index contributed by atoms with van der Waals surface area (Å²) in [5.41, 5.74) is 1.46. The van der Waals surface area contributed by atoms with E-state index in [4.69, 9.17) is 18.9 Å². The van der Waals surface area contributed by atoms with E-state index in [-0.39, 0.29) is 58.0 Å². The molecule has 2 aliphatic rings. The van der Waals surface area contributed by atoms with E-state index >= 15 is 0 Å². The molecule has 2 aromatic carbocycles. The fourth-order valence-corrected chi connectivity index (χ4v) is 6.75. The third-order valence-corrected chi connectivity index (χ3v) is 9.17. The van der Waals surface area contributed by atoms with E-state index in [1.165, 1.54) is 50.6 Å². The Kier molecular flexibility index (Phi) is 13.4. The number of para-hydroxylation sites is 2. The molecule has 2 aromatic rings. The van der Waals surface area contributed by atoms with Crippen molar-refractivity contribution in [1.82, 2.24) is 10.6 Å². The van der Waals surface area contributed by atoms with E-state index in [0.29, 0.717) is 48.5 Å². The number of ether oxygens (including phenoxy) is 4. The summed E-state index contributed by atoms with van der Waals surface area (Å²) in [5, 5.41) is 29.8. The third-order valence-electron chi connectivity index (χ3n) is 9.17. The highest BCUT2D eigenvalue weighted by Crippen LogP contribution is 2.44. The van der Waals surface area contributed by atoms with Crippen LogP contribution in [0.4, 0.5) is 11.4 Å². The van der Waals surface area contributed by atoms with Gasteiger partial charge in [-0.25, -0.2) is 19.2 Å². The number of carbonyl (C=O) groups is 4. The standard InChI is InChI=1S/C38H42N4O12/c1-21-29(35(43)51-5)33(25-15-9-11-17-27(25)41(47)48)31(23(3)39-21)37(45)53-19-13-7-8-14-20-54-38(46)32-24(4)40-22(2)30(36(44)52-6)34(32)26-16-10-12-18-28(26)42(49)50/h9-12,15-18,33-34,39-40H,7-8,13-14,19-20H2,1-6H3. The quantitative estimate of drug-likeness (QED) is 0.0739. The second-order valence-corrected chi connectivity index (χ2v) is 12.6. The summed E-state index contributed by atoms with van der Waals surface area (Å²) < 4.78 is 21.1. The SMILES string of the molecule is COC(=O)C1=C(C)NC(C)=C(C(=O)OCCCCCCOC(=O)C2=C(C)NC(C)=C(C(=O)OC)C2c2ccccc2[N+](=O)[O-])C1c1ccccc1[N+](=O)[O-]. The van der Waals surface area contributed by atoms with Crippen molar-refractivity contribution in [2.24, 2.45) is 0 Å². The molecule has 0 fully saturated rings. The highest BCUT2D eigenvalue weighted by Gasteiger charge is 2.42. The molecular formula is C38H42N4O12. The van der Waals surface area contributed by atoms with Crippen LogP contribution in [0.15, 0.2) is 93.6 Å². The number of unbranched alkanes of at least 4 members (excludes halogenated alkanes) is 3. The first-order valence-corrected chi connectivity index (χ1v) is 17.1. The third kappa shape index (κ3) is 8.65. The molecule has 0 spiro atoms. The lowest BCUT2D eigenvalue weighted by Crippen LogP contribution is -2.32. The number of dihydropyridines is 2. The van der Waals surface area contributed by atoms with Crippen LogP contribution in [0.25, 0.3) is 0 Å². The Balaban J connectivity index is 1.38. The molecule has 2 aliphatic heterocycles. The highest BCUT2D eigenvalue weighted by atomic mass is 16.6. The van der Waals surface area contributed by atoms with Gasteiger partial charge in [0, 0.05) is 46.0 Å². The van der Waals surface area contributed by atoms with Gasteiger partial charge < -0.3 is 29.6 Å². The molecule has 0 radical (unpaired) electrons. The van der Waals surface area contributed by atoms with Gasteiger partial charge in [0.1, 0.15) is 0 Å². The summed E-state index contributed by atoms with van der Waals surface area (Å²) >= 11 is 0. The Labute approximate surface area is 311 Å². The van der Waals surface area contributed by atoms with Gasteiger partial charge in [0.2, 0.25) is 0 Å². The van der Waals surface area contributed by atoms with E-state index in [9.17, 15) is 39.4 Å². The lowest BCUT2D eigenvalue weighted by Gasteiger charge is -2.30. The predicted molar refractivity (Wildman–Crippen MR) is 193 cm³/mol. The number of nitro groups is 2. The van der Waals surface area contributed by atoms with Crippen LogP contribution in [0.2, 0.25) is 0 Å². The predicted octanol–water partition coefficient (Wildman–Crippen LogP) is 5.67. The first-order valence-electron chi connectivity index (χ1n) is 17.1. The van der Waals surface area contributed by atoms with Crippen LogP contribution >= 0.6 is 0 Å². The Bertz CT molecular complexity index is 1850. The van der Waals surface area contributed by atoms with Crippen molar-refractivity contribution in [1.29, 1.82) is 0 Å². The molecule has 16 heteroatoms. The zero-order valence-corrected chi connectivity index (χ0v) is 30.8. The van der Waals surface area contributed by atoms with Gasteiger partial charge in [-0.3, -0.25) is 20.2 Å². The average molecular weight is 747 g/mol. The largest absolute Gasteiger partial charge is 0.466 e. The van der Waals surface area contributed by atoms with Gasteiger partial charge in [0.25, 0.3) is 11.4 Å². The monoisotopic (exact) mass is 746 g/mol. The van der Waals surface area contributed by atoms with Crippen molar-refractivity contribution in [3.63, 3.8) is 0 Å². The molecule has 0 saturated carbocycles. The maximum absolute atomic E-state index is 13.5. The summed E-state index contributed by atoms with van der Waals surface area (Å²) in [6, 6.07) is 11.7. The van der Waals surface area contributed by atoms with Crippen LogP contribution in [0.5, 0.6) is 0 Å². The van der Waals surface area contributed by atoms with Crippen LogP contribution in [-0.2, 0) is 38.1 Å². The number of carbonyl (C=O) groups excluding carboxylic acids is 4. The second kappa shape index (κ2) is 17.9. The van der Waals surface area contributed by atoms with Crippen molar-refractivity contribution in [3.05, 3.63) is 125 Å². The molecule has 2 heterocycles. The number of nitrogens with one attached hydrogen (secondary N) is 2. The second-order valence-electron chi connectivity index (χ2n) is 12.6. The van der Waals surface area contributed by atoms with Crippen LogP contribution in [-0.4, -0.2) is 61.2 Å². The minimum absolute atomic E-state index is 0.00648. The van der Waals surface area contributed by atoms with E-state index in [1.807, 2.05) is 0 Å². The number of nitro benzene ring substituents is 2. The zero-order valence-electron chi connectivity index (χ0n) is 30.8. The Morgan fingerprint density at radius 3 is 1.19 bits per heavy atom. The topological polar surface area (TPSA) is 216 Å². The van der Waals surface area contributed by atoms with E-state index in [1.54, 1.807) is 39.8 Å². The van der Waals surface area contributed by atoms with Gasteiger partial charge in [-0.05, 0) is 53.4 Å². The van der Waals surface area contributed by atoms with E-state index in [0.717, 1.165) is 0 Å². The minimum Gasteiger partial charge on any atom is -0.466 e. The van der Waals surface area contributed by atoms with Crippen molar-refractivity contribution in [2.75, 3.05) is 27.4 Å². The first-order chi connectivity index (χ1) is 25.7. The number of benzene rings is 2. The normalized spacial score (nSPS) is 17.0. The molecule has 0 bridgehead atoms. The molecule has 2 N–H and O–H groups in total. The first kappa shape index (κ1) is 40.5. The van der Waals surface area contributed by atoms with Crippen LogP contribution in [0, 0.1) is 20.2 Å². The van der Waals surface area contributed by atoms with Gasteiger partial charge >= 0.3 is 23.9 Å². The van der Waals surface area contributed by atoms with E-state index in [2.05, 4.69) is 10.6 Å². The molecule has 16 nitrogen and oxygen atoms in total. The molecule has 2 unspecified atom stereocenters. The number of hydrogen-bond acceptors (Lipinski definition) is 14. The number of rotatable bonds is 15. The summed E-state index contributed by atoms with van der Waals surface area (Å²) in [7, 11) is 2.37. The Hall–Kier alpha value is -6.32. The van der Waals surface area contributed by atoms with Crippen molar-refractivity contribution < 1.29 is 48.0 Å². The van der Waals surface area contributed by atoms with Crippen LogP contribution in [0.3, 0.4) is 0 Å². The number of hydrogen-bond donors (Lipinski definition) is 2. The number of esters is 4. The lowest BCUT2D eigenvalue weighted by molar-refractivity contribution is -0.385. The highest BCUT2D eigenvalue weighted by molar-refractivity contribution is 6.01. The Morgan fingerprint density at radius 2 is 0.870 bits per heavy atom. The maximum Gasteiger partial charge on any atom is 0.336 e. The lowest BCUT2D eigenvalue weighted by atomic mass is 9.79. The maximum atomic E-state index is 13.5. The van der Waals surface area contributed by atoms with Crippen molar-refractivity contribution in [3.8, 4) is 0 Å². The number of allylic oxidation sites excluding steroid dienone is 4. The molecule has 4 rings (SSSR count). The minimum atomic E-state index is -1.11. The molecule has 0 amide bonds. The molecule has 0 aromatic heterocycles. The van der Waals surface area contributed by atoms with Crippen molar-refractivity contribution in [2.45, 2.75) is 65.2 Å². The number of methoxy groups -OCH3 is 2. The summed E-state index contributed by atoms with van der Waals surface area (Å²) in [6.45, 7) is 6.49. The van der Waals surface area contributed by atoms with Gasteiger partial charge in [0.15, 0.2) is 0 Å². The van der Waals surface area contributed by atoms with E-state index < -0.39 is 45.6 Å². The average Bonchev–Trinajstić information content (AvgIpc) is 3.14. The smallest absolute Gasteiger partial charge is 0.336 e. The van der Waals surface area contributed by atoms with Gasteiger partial charge in [0.05, 0.1) is 71.4 Å². The van der Waals surface area contributed by atoms with Gasteiger partial charge in [-0.15, -0.1) is 0 Å². The van der Waals surface area contributed by atoms with Gasteiger partial charge in [-0.2, -0.15) is 0 Å². The van der Waals surface area contributed by atoms with Crippen molar-refractivity contribution >= 4 is 35.3 Å². The van der Waals surface area contributed by atoms with Gasteiger partial charge in [-0.1, -0.05) is 36.4 Å². The molecule has 2 atom stereocenters. The Morgan fingerprint density at radius 1 is 0.556 bits per heavy atom. The fraction of sp³-hybridized carbons (Fsp3) is 0.368. The molecule has 0 saturated heterocycles. The molecular weight excluding hydrogens is 704 g/mol. The summed E-state index contributed by atoms with van der Waals surface area (Å²) in [4.78, 5) is 75.5. The van der Waals surface area contributed by atoms with Crippen LogP contribution in [0.1, 0.15) is 76.3 Å². The zero-order chi connectivity index (χ0) is 39.7. The van der Waals surface area contributed by atoms with Crippen LogP contribution < -0.4 is 10.6 Å². The summed E-state index contributed by atoms with van der Waals surface area (Å²) in [5.74, 6) is -5.23. The molecule has 286 valence electrons. The fourth-order valence-electron chi connectivity index (χ4n) is 6.75. The summed E-state index contributed by atoms with van der Waals surface area (Å²) in [6.07, 6.45) is 2.04.